The van der Waals surface area contributed by atoms with Crippen LogP contribution in [0.4, 0.5) is 0 Å². The Bertz CT molecular complexity index is 202. The fraction of sp³-hybridized carbons (Fsp3) is 0. The molecule has 0 amide bonds. The minimum Gasteiger partial charge on any atom is -0.429 e. The van der Waals surface area contributed by atoms with E-state index in [1.807, 2.05) is 0 Å². The summed E-state index contributed by atoms with van der Waals surface area (Å²) in [5.74, 6) is 0.658. The summed E-state index contributed by atoms with van der Waals surface area (Å²) in [6.45, 7) is 0. The van der Waals surface area contributed by atoms with Crippen LogP contribution in [0, 0.1) is 0 Å². The van der Waals surface area contributed by atoms with Gasteiger partial charge in [0.05, 0.1) is 0 Å². The van der Waals surface area contributed by atoms with E-state index < -0.39 is 0 Å². The molecule has 0 spiro atoms. The van der Waals surface area contributed by atoms with Gasteiger partial charge in [-0.15, -0.1) is 0 Å². The van der Waals surface area contributed by atoms with E-state index in [2.05, 4.69) is 17.1 Å². The summed E-state index contributed by atoms with van der Waals surface area (Å²) in [5.41, 5.74) is 0. The van der Waals surface area contributed by atoms with Crippen molar-refractivity contribution in [3.8, 4) is 5.75 Å². The molecular weight excluding hydrogens is 156 g/mol. The van der Waals surface area contributed by atoms with Crippen molar-refractivity contribution in [3.05, 3.63) is 29.3 Å². The largest absolute Gasteiger partial charge is 0.429 e. The lowest BCUT2D eigenvalue weighted by Crippen LogP contribution is -1.72. The second-order valence-electron chi connectivity index (χ2n) is 1.55. The van der Waals surface area contributed by atoms with Crippen LogP contribution in [-0.4, -0.2) is 0 Å². The van der Waals surface area contributed by atoms with Crippen LogP contribution in [0.5, 0.6) is 5.75 Å². The lowest BCUT2D eigenvalue weighted by molar-refractivity contribution is 0.659. The number of benzene rings is 1. The Balaban J connectivity index is 2.94. The number of halogens is 1. The van der Waals surface area contributed by atoms with E-state index in [9.17, 15) is 0 Å². The van der Waals surface area contributed by atoms with Gasteiger partial charge in [-0.2, -0.15) is 0 Å². The third kappa shape index (κ3) is 1.80. The van der Waals surface area contributed by atoms with Crippen LogP contribution in [0.15, 0.2) is 24.3 Å². The van der Waals surface area contributed by atoms with E-state index in [4.69, 9.17) is 11.6 Å². The molecule has 0 unspecified atom stereocenters. The highest BCUT2D eigenvalue weighted by atomic mass is 35.5. The molecule has 0 atom stereocenters. The zero-order chi connectivity index (χ0) is 6.69. The number of rotatable bonds is 1. The summed E-state index contributed by atoms with van der Waals surface area (Å²) in [6.07, 6.45) is 0. The summed E-state index contributed by atoms with van der Waals surface area (Å²) in [7, 11) is 0. The van der Waals surface area contributed by atoms with Crippen molar-refractivity contribution in [2.45, 2.75) is 0 Å². The van der Waals surface area contributed by atoms with Gasteiger partial charge in [0.1, 0.15) is 5.75 Å². The van der Waals surface area contributed by atoms with Crippen LogP contribution in [0.1, 0.15) is 0 Å². The number of thiol groups is 1. The Morgan fingerprint density at radius 2 is 2.22 bits per heavy atom. The summed E-state index contributed by atoms with van der Waals surface area (Å²) in [5, 5.41) is 0.654. The standard InChI is InChI=1S/C6H5ClOS/c7-5-2-1-3-6(4-5)8-9/h1-4,9H. The van der Waals surface area contributed by atoms with Crippen LogP contribution >= 0.6 is 24.5 Å². The molecule has 0 saturated carbocycles. The molecule has 0 heterocycles. The van der Waals surface area contributed by atoms with E-state index >= 15 is 0 Å². The highest BCUT2D eigenvalue weighted by molar-refractivity contribution is 7.75. The second-order valence-corrected chi connectivity index (χ2v) is 2.17. The fourth-order valence-corrected chi connectivity index (χ4v) is 0.818. The van der Waals surface area contributed by atoms with Crippen molar-refractivity contribution in [1.82, 2.24) is 0 Å². The first kappa shape index (κ1) is 6.78. The summed E-state index contributed by atoms with van der Waals surface area (Å²) in [4.78, 5) is 0. The predicted octanol–water partition coefficient (Wildman–Crippen LogP) is 2.56. The molecule has 0 aromatic heterocycles. The van der Waals surface area contributed by atoms with Gasteiger partial charge in [-0.05, 0) is 12.1 Å². The molecular formula is C6H5ClOS. The Labute approximate surface area is 64.2 Å². The molecule has 1 nitrogen and oxygen atoms in total. The van der Waals surface area contributed by atoms with E-state index in [1.165, 1.54) is 0 Å². The summed E-state index contributed by atoms with van der Waals surface area (Å²) in [6, 6.07) is 7.04. The second kappa shape index (κ2) is 2.99. The minimum atomic E-state index is 0.654. The molecule has 0 fully saturated rings. The molecule has 0 saturated heterocycles. The smallest absolute Gasteiger partial charge is 0.138 e. The predicted molar refractivity (Wildman–Crippen MR) is 41.1 cm³/mol. The van der Waals surface area contributed by atoms with Gasteiger partial charge >= 0.3 is 0 Å². The normalized spacial score (nSPS) is 9.11. The molecule has 0 N–H and O–H groups in total. The van der Waals surface area contributed by atoms with Gasteiger partial charge in [-0.25, -0.2) is 0 Å². The molecule has 0 aliphatic heterocycles. The van der Waals surface area contributed by atoms with Crippen molar-refractivity contribution < 1.29 is 4.18 Å². The highest BCUT2D eigenvalue weighted by Crippen LogP contribution is 2.17. The van der Waals surface area contributed by atoms with Gasteiger partial charge in [0.2, 0.25) is 0 Å². The molecule has 1 rings (SSSR count). The van der Waals surface area contributed by atoms with Crippen molar-refractivity contribution in [2.75, 3.05) is 0 Å². The van der Waals surface area contributed by atoms with Crippen molar-refractivity contribution in [3.63, 3.8) is 0 Å². The molecule has 3 heteroatoms. The SMILES string of the molecule is SOc1cccc(Cl)c1. The fourth-order valence-electron chi connectivity index (χ4n) is 0.524. The van der Waals surface area contributed by atoms with Gasteiger partial charge in [0, 0.05) is 24.0 Å². The molecule has 0 aliphatic rings. The van der Waals surface area contributed by atoms with E-state index in [0.29, 0.717) is 10.8 Å². The van der Waals surface area contributed by atoms with Gasteiger partial charge in [0.15, 0.2) is 0 Å². The van der Waals surface area contributed by atoms with Crippen LogP contribution in [0.2, 0.25) is 5.02 Å². The molecule has 1 aromatic carbocycles. The third-order valence-corrected chi connectivity index (χ3v) is 1.35. The van der Waals surface area contributed by atoms with Crippen LogP contribution in [0.25, 0.3) is 0 Å². The number of hydrogen-bond acceptors (Lipinski definition) is 2. The van der Waals surface area contributed by atoms with Crippen LogP contribution in [-0.2, 0) is 0 Å². The maximum absolute atomic E-state index is 5.61. The average Bonchev–Trinajstić information content (AvgIpc) is 1.88. The molecule has 0 aliphatic carbocycles. The maximum atomic E-state index is 5.61. The van der Waals surface area contributed by atoms with E-state index in [1.54, 1.807) is 24.3 Å². The van der Waals surface area contributed by atoms with Gasteiger partial charge in [0.25, 0.3) is 0 Å². The zero-order valence-electron chi connectivity index (χ0n) is 4.54. The van der Waals surface area contributed by atoms with Crippen molar-refractivity contribution >= 4 is 24.5 Å². The van der Waals surface area contributed by atoms with Crippen LogP contribution in [0.3, 0.4) is 0 Å². The van der Waals surface area contributed by atoms with Gasteiger partial charge < -0.3 is 4.18 Å². The lowest BCUT2D eigenvalue weighted by Gasteiger charge is -1.94. The first-order valence-corrected chi connectivity index (χ1v) is 3.14. The summed E-state index contributed by atoms with van der Waals surface area (Å²) < 4.78 is 4.61. The molecule has 0 radical (unpaired) electrons. The average molecular weight is 161 g/mol. The molecule has 9 heavy (non-hydrogen) atoms. The molecule has 0 bridgehead atoms. The third-order valence-electron chi connectivity index (χ3n) is 0.901. The van der Waals surface area contributed by atoms with Crippen molar-refractivity contribution in [1.29, 1.82) is 0 Å². The van der Waals surface area contributed by atoms with Gasteiger partial charge in [-0.3, -0.25) is 0 Å². The Hall–Kier alpha value is -0.340. The first-order chi connectivity index (χ1) is 4.33. The summed E-state index contributed by atoms with van der Waals surface area (Å²) >= 11 is 9.21. The Morgan fingerprint density at radius 3 is 2.67 bits per heavy atom. The monoisotopic (exact) mass is 160 g/mol. The van der Waals surface area contributed by atoms with E-state index in [0.717, 1.165) is 0 Å². The number of hydrogen-bond donors (Lipinski definition) is 1. The highest BCUT2D eigenvalue weighted by Gasteiger charge is 1.89. The quantitative estimate of drug-likeness (QED) is 0.491. The van der Waals surface area contributed by atoms with Crippen LogP contribution < -0.4 is 4.18 Å². The Morgan fingerprint density at radius 1 is 1.44 bits per heavy atom. The zero-order valence-corrected chi connectivity index (χ0v) is 6.19. The van der Waals surface area contributed by atoms with Crippen molar-refractivity contribution in [2.24, 2.45) is 0 Å². The minimum absolute atomic E-state index is 0.654. The Kier molecular flexibility index (Phi) is 2.25. The maximum Gasteiger partial charge on any atom is 0.138 e. The topological polar surface area (TPSA) is 9.23 Å². The lowest BCUT2D eigenvalue weighted by atomic mass is 10.3. The van der Waals surface area contributed by atoms with E-state index in [-0.39, 0.29) is 0 Å². The molecule has 1 aromatic rings. The first-order valence-electron chi connectivity index (χ1n) is 2.40. The molecule has 48 valence electrons. The van der Waals surface area contributed by atoms with Gasteiger partial charge in [-0.1, -0.05) is 17.7 Å².